The van der Waals surface area contributed by atoms with E-state index in [0.29, 0.717) is 26.3 Å². The molecule has 0 bridgehead atoms. The Morgan fingerprint density at radius 1 is 1.05 bits per heavy atom. The minimum absolute atomic E-state index is 0.277. The summed E-state index contributed by atoms with van der Waals surface area (Å²) in [4.78, 5) is 1.86. The number of rotatable bonds is 10. The summed E-state index contributed by atoms with van der Waals surface area (Å²) in [5, 5.41) is 19.4. The molecule has 2 N–H and O–H groups in total. The molecule has 0 aliphatic heterocycles. The highest BCUT2D eigenvalue weighted by Crippen LogP contribution is 2.01. The van der Waals surface area contributed by atoms with Gasteiger partial charge in [-0.25, -0.2) is 0 Å². The predicted octanol–water partition coefficient (Wildman–Crippen LogP) is 0.503. The molecule has 0 spiro atoms. The molecule has 0 saturated carbocycles. The highest BCUT2D eigenvalue weighted by atomic mass is 16.5. The Bertz CT molecular complexity index is 347. The molecule has 0 heterocycles. The summed E-state index contributed by atoms with van der Waals surface area (Å²) in [6.45, 7) is 1.98. The molecule has 2 unspecified atom stereocenters. The molecule has 20 heavy (non-hydrogen) atoms. The van der Waals surface area contributed by atoms with Gasteiger partial charge in [0.2, 0.25) is 0 Å². The molecule has 0 aromatic heterocycles. The average Bonchev–Trinajstić information content (AvgIpc) is 2.39. The SMILES string of the molecule is COCC(O)CN(C)CC(O)COCc1ccccc1. The van der Waals surface area contributed by atoms with Crippen molar-refractivity contribution < 1.29 is 19.7 Å². The fraction of sp³-hybridized carbons (Fsp3) is 0.600. The predicted molar refractivity (Wildman–Crippen MR) is 77.5 cm³/mol. The first-order valence-electron chi connectivity index (χ1n) is 6.77. The highest BCUT2D eigenvalue weighted by Gasteiger charge is 2.12. The van der Waals surface area contributed by atoms with Gasteiger partial charge in [0, 0.05) is 20.2 Å². The summed E-state index contributed by atoms with van der Waals surface area (Å²) in [6.07, 6.45) is -1.11. The van der Waals surface area contributed by atoms with Gasteiger partial charge < -0.3 is 24.6 Å². The van der Waals surface area contributed by atoms with Crippen LogP contribution in [0.3, 0.4) is 0 Å². The Labute approximate surface area is 120 Å². The zero-order valence-electron chi connectivity index (χ0n) is 12.2. The largest absolute Gasteiger partial charge is 0.389 e. The van der Waals surface area contributed by atoms with Crippen molar-refractivity contribution in [2.45, 2.75) is 18.8 Å². The first-order chi connectivity index (χ1) is 9.61. The minimum atomic E-state index is -0.571. The van der Waals surface area contributed by atoms with Crippen molar-refractivity contribution in [1.29, 1.82) is 0 Å². The third kappa shape index (κ3) is 7.57. The van der Waals surface area contributed by atoms with E-state index in [0.717, 1.165) is 5.56 Å². The molecule has 0 aliphatic rings. The van der Waals surface area contributed by atoms with Gasteiger partial charge >= 0.3 is 0 Å². The van der Waals surface area contributed by atoms with Gasteiger partial charge in [-0.1, -0.05) is 30.3 Å². The monoisotopic (exact) mass is 283 g/mol. The van der Waals surface area contributed by atoms with Crippen molar-refractivity contribution in [3.05, 3.63) is 35.9 Å². The van der Waals surface area contributed by atoms with Crippen LogP contribution < -0.4 is 0 Å². The van der Waals surface area contributed by atoms with Crippen molar-refractivity contribution in [2.24, 2.45) is 0 Å². The number of hydrogen-bond acceptors (Lipinski definition) is 5. The van der Waals surface area contributed by atoms with Crippen molar-refractivity contribution in [3.8, 4) is 0 Å². The molecule has 0 radical (unpaired) electrons. The summed E-state index contributed by atoms with van der Waals surface area (Å²) < 4.78 is 10.3. The van der Waals surface area contributed by atoms with E-state index in [1.165, 1.54) is 0 Å². The minimum Gasteiger partial charge on any atom is -0.389 e. The van der Waals surface area contributed by atoms with Crippen molar-refractivity contribution in [1.82, 2.24) is 4.90 Å². The van der Waals surface area contributed by atoms with Crippen LogP contribution in [0.15, 0.2) is 30.3 Å². The van der Waals surface area contributed by atoms with Crippen LogP contribution in [0.2, 0.25) is 0 Å². The van der Waals surface area contributed by atoms with Crippen LogP contribution in [-0.2, 0) is 16.1 Å². The molecule has 1 rings (SSSR count). The van der Waals surface area contributed by atoms with Gasteiger partial charge in [-0.3, -0.25) is 0 Å². The number of aliphatic hydroxyl groups is 2. The number of nitrogens with zero attached hydrogens (tertiary/aromatic N) is 1. The molecular formula is C15H25NO4. The lowest BCUT2D eigenvalue weighted by atomic mass is 10.2. The first kappa shape index (κ1) is 17.1. The molecule has 2 atom stereocenters. The van der Waals surface area contributed by atoms with E-state index < -0.39 is 12.2 Å². The van der Waals surface area contributed by atoms with Crippen LogP contribution in [0.5, 0.6) is 0 Å². The van der Waals surface area contributed by atoms with E-state index in [1.807, 2.05) is 42.3 Å². The van der Waals surface area contributed by atoms with Gasteiger partial charge in [0.05, 0.1) is 32.0 Å². The summed E-state index contributed by atoms with van der Waals surface area (Å²) in [5.74, 6) is 0. The first-order valence-corrected chi connectivity index (χ1v) is 6.77. The lowest BCUT2D eigenvalue weighted by Crippen LogP contribution is -2.38. The molecule has 0 saturated heterocycles. The lowest BCUT2D eigenvalue weighted by Gasteiger charge is -2.22. The fourth-order valence-electron chi connectivity index (χ4n) is 1.98. The highest BCUT2D eigenvalue weighted by molar-refractivity contribution is 5.13. The van der Waals surface area contributed by atoms with E-state index >= 15 is 0 Å². The third-order valence-corrected chi connectivity index (χ3v) is 2.83. The molecule has 1 aromatic carbocycles. The standard InChI is InChI=1S/C15H25NO4/c1-16(8-14(17)11-19-2)9-15(18)12-20-10-13-6-4-3-5-7-13/h3-7,14-15,17-18H,8-12H2,1-2H3. The molecule has 5 heteroatoms. The summed E-state index contributed by atoms with van der Waals surface area (Å²) in [7, 11) is 3.40. The Morgan fingerprint density at radius 2 is 1.65 bits per heavy atom. The number of aliphatic hydroxyl groups excluding tert-OH is 2. The van der Waals surface area contributed by atoms with Gasteiger partial charge in [0.1, 0.15) is 0 Å². The summed E-state index contributed by atoms with van der Waals surface area (Å²) >= 11 is 0. The van der Waals surface area contributed by atoms with Crippen LogP contribution in [-0.4, -0.2) is 67.8 Å². The fourth-order valence-corrected chi connectivity index (χ4v) is 1.98. The Balaban J connectivity index is 2.14. The molecule has 5 nitrogen and oxygen atoms in total. The maximum absolute atomic E-state index is 9.86. The second-order valence-electron chi connectivity index (χ2n) is 4.98. The molecule has 114 valence electrons. The number of methoxy groups -OCH3 is 1. The maximum Gasteiger partial charge on any atom is 0.0900 e. The smallest absolute Gasteiger partial charge is 0.0900 e. The molecular weight excluding hydrogens is 258 g/mol. The number of benzene rings is 1. The summed E-state index contributed by atoms with van der Waals surface area (Å²) in [6, 6.07) is 9.85. The van der Waals surface area contributed by atoms with E-state index in [9.17, 15) is 10.2 Å². The lowest BCUT2D eigenvalue weighted by molar-refractivity contribution is -0.00123. The van der Waals surface area contributed by atoms with Crippen LogP contribution in [0.4, 0.5) is 0 Å². The van der Waals surface area contributed by atoms with E-state index in [-0.39, 0.29) is 6.61 Å². The van der Waals surface area contributed by atoms with E-state index in [4.69, 9.17) is 9.47 Å². The van der Waals surface area contributed by atoms with Gasteiger partial charge in [-0.05, 0) is 12.6 Å². The topological polar surface area (TPSA) is 62.2 Å². The average molecular weight is 283 g/mol. The number of ether oxygens (including phenoxy) is 2. The Morgan fingerprint density at radius 3 is 2.25 bits per heavy atom. The maximum atomic E-state index is 9.86. The molecule has 0 amide bonds. The second kappa shape index (κ2) is 9.85. The van der Waals surface area contributed by atoms with Gasteiger partial charge in [-0.15, -0.1) is 0 Å². The number of likely N-dealkylation sites (N-methyl/N-ethyl adjacent to an activating group) is 1. The van der Waals surface area contributed by atoms with E-state index in [1.54, 1.807) is 7.11 Å². The molecule has 1 aromatic rings. The zero-order chi connectivity index (χ0) is 14.8. The third-order valence-electron chi connectivity index (χ3n) is 2.83. The number of hydrogen-bond donors (Lipinski definition) is 2. The van der Waals surface area contributed by atoms with Gasteiger partial charge in [0.15, 0.2) is 0 Å². The van der Waals surface area contributed by atoms with Crippen molar-refractivity contribution in [2.75, 3.05) is 40.5 Å². The Hall–Kier alpha value is -0.980. The van der Waals surface area contributed by atoms with Crippen LogP contribution in [0.25, 0.3) is 0 Å². The van der Waals surface area contributed by atoms with Crippen molar-refractivity contribution >= 4 is 0 Å². The van der Waals surface area contributed by atoms with Crippen molar-refractivity contribution in [3.63, 3.8) is 0 Å². The molecule has 0 aliphatic carbocycles. The van der Waals surface area contributed by atoms with E-state index in [2.05, 4.69) is 0 Å². The van der Waals surface area contributed by atoms with Crippen LogP contribution in [0, 0.1) is 0 Å². The normalized spacial score (nSPS) is 14.4. The second-order valence-corrected chi connectivity index (χ2v) is 4.98. The summed E-state index contributed by atoms with van der Waals surface area (Å²) in [5.41, 5.74) is 1.09. The van der Waals surface area contributed by atoms with Gasteiger partial charge in [0.25, 0.3) is 0 Å². The van der Waals surface area contributed by atoms with Gasteiger partial charge in [-0.2, -0.15) is 0 Å². The zero-order valence-corrected chi connectivity index (χ0v) is 12.2. The Kier molecular flexibility index (Phi) is 8.41. The molecule has 0 fully saturated rings. The van der Waals surface area contributed by atoms with Crippen LogP contribution in [0.1, 0.15) is 5.56 Å². The van der Waals surface area contributed by atoms with Crippen LogP contribution >= 0.6 is 0 Å². The quantitative estimate of drug-likeness (QED) is 0.655.